The van der Waals surface area contributed by atoms with E-state index in [4.69, 9.17) is 4.74 Å². The van der Waals surface area contributed by atoms with Gasteiger partial charge in [0.15, 0.2) is 11.6 Å². The lowest BCUT2D eigenvalue weighted by Gasteiger charge is -2.08. The van der Waals surface area contributed by atoms with E-state index in [1.807, 2.05) is 0 Å². The monoisotopic (exact) mass is 278 g/mol. The SMILES string of the molecule is CNc1nccc(Oc2cc(C)c([N+](=O)[O-])cc2F)n1. The van der Waals surface area contributed by atoms with Crippen molar-refractivity contribution in [3.05, 3.63) is 45.9 Å². The molecule has 8 heteroatoms. The van der Waals surface area contributed by atoms with Crippen LogP contribution < -0.4 is 10.1 Å². The molecule has 0 aliphatic heterocycles. The molecule has 20 heavy (non-hydrogen) atoms. The summed E-state index contributed by atoms with van der Waals surface area (Å²) in [5, 5.41) is 13.4. The van der Waals surface area contributed by atoms with Crippen LogP contribution >= 0.6 is 0 Å². The van der Waals surface area contributed by atoms with Crippen molar-refractivity contribution in [2.75, 3.05) is 12.4 Å². The van der Waals surface area contributed by atoms with Crippen molar-refractivity contribution in [2.24, 2.45) is 0 Å². The van der Waals surface area contributed by atoms with Crippen LogP contribution in [0.3, 0.4) is 0 Å². The average molecular weight is 278 g/mol. The Morgan fingerprint density at radius 3 is 2.85 bits per heavy atom. The highest BCUT2D eigenvalue weighted by atomic mass is 19.1. The summed E-state index contributed by atoms with van der Waals surface area (Å²) in [5.74, 6) is -0.501. The van der Waals surface area contributed by atoms with Crippen molar-refractivity contribution >= 4 is 11.6 Å². The summed E-state index contributed by atoms with van der Waals surface area (Å²) < 4.78 is 19.0. The molecular weight excluding hydrogens is 267 g/mol. The summed E-state index contributed by atoms with van der Waals surface area (Å²) in [6.07, 6.45) is 1.45. The maximum absolute atomic E-state index is 13.8. The van der Waals surface area contributed by atoms with E-state index in [0.29, 0.717) is 11.5 Å². The number of nitrogens with zero attached hydrogens (tertiary/aromatic N) is 3. The summed E-state index contributed by atoms with van der Waals surface area (Å²) in [5.41, 5.74) is 0.00254. The molecule has 2 rings (SSSR count). The summed E-state index contributed by atoms with van der Waals surface area (Å²) in [4.78, 5) is 17.9. The quantitative estimate of drug-likeness (QED) is 0.683. The first-order chi connectivity index (χ1) is 9.51. The van der Waals surface area contributed by atoms with Crippen LogP contribution in [0.2, 0.25) is 0 Å². The van der Waals surface area contributed by atoms with E-state index in [1.165, 1.54) is 25.3 Å². The average Bonchev–Trinajstić information content (AvgIpc) is 2.42. The second-order valence-corrected chi connectivity index (χ2v) is 3.90. The molecule has 0 fully saturated rings. The second kappa shape index (κ2) is 5.47. The zero-order valence-corrected chi connectivity index (χ0v) is 10.8. The van der Waals surface area contributed by atoms with Gasteiger partial charge in [0, 0.05) is 24.9 Å². The lowest BCUT2D eigenvalue weighted by Crippen LogP contribution is -1.99. The van der Waals surface area contributed by atoms with Crippen molar-refractivity contribution in [2.45, 2.75) is 6.92 Å². The van der Waals surface area contributed by atoms with Gasteiger partial charge in [0.25, 0.3) is 5.69 Å². The normalized spacial score (nSPS) is 10.2. The van der Waals surface area contributed by atoms with Crippen LogP contribution in [0.1, 0.15) is 5.56 Å². The predicted octanol–water partition coefficient (Wildman–Crippen LogP) is 2.67. The van der Waals surface area contributed by atoms with Gasteiger partial charge in [0.1, 0.15) is 0 Å². The van der Waals surface area contributed by atoms with Crippen LogP contribution in [-0.4, -0.2) is 21.9 Å². The molecule has 0 amide bonds. The Labute approximate surface area is 113 Å². The first-order valence-corrected chi connectivity index (χ1v) is 5.64. The molecule has 1 aromatic heterocycles. The Kier molecular flexibility index (Phi) is 3.74. The molecule has 1 aromatic carbocycles. The number of nitrogens with one attached hydrogen (secondary N) is 1. The van der Waals surface area contributed by atoms with Crippen molar-refractivity contribution in [1.82, 2.24) is 9.97 Å². The number of benzene rings is 1. The maximum atomic E-state index is 13.8. The van der Waals surface area contributed by atoms with Crippen LogP contribution in [0, 0.1) is 22.9 Å². The first-order valence-electron chi connectivity index (χ1n) is 5.64. The summed E-state index contributed by atoms with van der Waals surface area (Å²) >= 11 is 0. The fourth-order valence-electron chi connectivity index (χ4n) is 1.55. The number of rotatable bonds is 4. The third-order valence-electron chi connectivity index (χ3n) is 2.52. The molecule has 0 atom stereocenters. The highest BCUT2D eigenvalue weighted by Gasteiger charge is 2.17. The highest BCUT2D eigenvalue weighted by molar-refractivity contribution is 5.46. The molecule has 0 spiro atoms. The van der Waals surface area contributed by atoms with Gasteiger partial charge >= 0.3 is 0 Å². The van der Waals surface area contributed by atoms with Gasteiger partial charge in [-0.2, -0.15) is 4.98 Å². The second-order valence-electron chi connectivity index (χ2n) is 3.90. The van der Waals surface area contributed by atoms with E-state index >= 15 is 0 Å². The van der Waals surface area contributed by atoms with Gasteiger partial charge in [-0.25, -0.2) is 9.37 Å². The fraction of sp³-hybridized carbons (Fsp3) is 0.167. The van der Waals surface area contributed by atoms with Gasteiger partial charge in [-0.15, -0.1) is 0 Å². The number of aromatic nitrogens is 2. The molecule has 0 saturated heterocycles. The van der Waals surface area contributed by atoms with Gasteiger partial charge in [-0.05, 0) is 13.0 Å². The molecule has 7 nitrogen and oxygen atoms in total. The van der Waals surface area contributed by atoms with E-state index in [1.54, 1.807) is 7.05 Å². The smallest absolute Gasteiger partial charge is 0.275 e. The Hall–Kier alpha value is -2.77. The zero-order valence-electron chi connectivity index (χ0n) is 10.8. The Morgan fingerprint density at radius 2 is 2.20 bits per heavy atom. The molecule has 1 heterocycles. The van der Waals surface area contributed by atoms with Crippen LogP contribution in [0.4, 0.5) is 16.0 Å². The lowest BCUT2D eigenvalue weighted by molar-refractivity contribution is -0.385. The van der Waals surface area contributed by atoms with E-state index in [0.717, 1.165) is 6.07 Å². The van der Waals surface area contributed by atoms with Gasteiger partial charge in [-0.1, -0.05) is 0 Å². The Morgan fingerprint density at radius 1 is 1.45 bits per heavy atom. The maximum Gasteiger partial charge on any atom is 0.275 e. The fourth-order valence-corrected chi connectivity index (χ4v) is 1.55. The summed E-state index contributed by atoms with van der Waals surface area (Å²) in [6.45, 7) is 1.50. The molecular formula is C12H11FN4O3. The molecule has 0 saturated carbocycles. The van der Waals surface area contributed by atoms with E-state index in [2.05, 4.69) is 15.3 Å². The van der Waals surface area contributed by atoms with Crippen LogP contribution in [0.5, 0.6) is 11.6 Å². The molecule has 0 bridgehead atoms. The largest absolute Gasteiger partial charge is 0.436 e. The number of hydrogen-bond acceptors (Lipinski definition) is 6. The molecule has 0 unspecified atom stereocenters. The van der Waals surface area contributed by atoms with E-state index in [9.17, 15) is 14.5 Å². The number of halogens is 1. The van der Waals surface area contributed by atoms with E-state index in [-0.39, 0.29) is 17.3 Å². The predicted molar refractivity (Wildman–Crippen MR) is 69.4 cm³/mol. The van der Waals surface area contributed by atoms with Crippen LogP contribution in [-0.2, 0) is 0 Å². The molecule has 0 aliphatic carbocycles. The number of nitro groups is 1. The number of nitro benzene ring substituents is 1. The number of anilines is 1. The van der Waals surface area contributed by atoms with Crippen molar-refractivity contribution in [3.63, 3.8) is 0 Å². The minimum absolute atomic E-state index is 0.131. The standard InChI is InChI=1S/C12H11FN4O3/c1-7-5-10(8(13)6-9(7)17(18)19)20-11-3-4-15-12(14-2)16-11/h3-6H,1-2H3,(H,14,15,16). The van der Waals surface area contributed by atoms with Crippen LogP contribution in [0.25, 0.3) is 0 Å². The minimum Gasteiger partial charge on any atom is -0.436 e. The van der Waals surface area contributed by atoms with Crippen molar-refractivity contribution < 1.29 is 14.1 Å². The van der Waals surface area contributed by atoms with E-state index < -0.39 is 10.7 Å². The van der Waals surface area contributed by atoms with Crippen molar-refractivity contribution in [3.8, 4) is 11.6 Å². The molecule has 0 radical (unpaired) electrons. The van der Waals surface area contributed by atoms with Crippen LogP contribution in [0.15, 0.2) is 24.4 Å². The zero-order chi connectivity index (χ0) is 14.7. The number of hydrogen-bond donors (Lipinski definition) is 1. The Balaban J connectivity index is 2.34. The third kappa shape index (κ3) is 2.79. The molecule has 2 aromatic rings. The minimum atomic E-state index is -0.827. The number of aryl methyl sites for hydroxylation is 1. The topological polar surface area (TPSA) is 90.2 Å². The molecule has 0 aliphatic rings. The van der Waals surface area contributed by atoms with Gasteiger partial charge < -0.3 is 10.1 Å². The highest BCUT2D eigenvalue weighted by Crippen LogP contribution is 2.29. The first kappa shape index (κ1) is 13.7. The molecule has 104 valence electrons. The van der Waals surface area contributed by atoms with Crippen molar-refractivity contribution in [1.29, 1.82) is 0 Å². The Bertz CT molecular complexity index is 663. The van der Waals surface area contributed by atoms with Gasteiger partial charge in [0.05, 0.1) is 11.0 Å². The summed E-state index contributed by atoms with van der Waals surface area (Å²) in [7, 11) is 1.63. The lowest BCUT2D eigenvalue weighted by atomic mass is 10.2. The number of ether oxygens (including phenoxy) is 1. The van der Waals surface area contributed by atoms with Gasteiger partial charge in [-0.3, -0.25) is 10.1 Å². The van der Waals surface area contributed by atoms with Gasteiger partial charge in [0.2, 0.25) is 11.8 Å². The third-order valence-corrected chi connectivity index (χ3v) is 2.52. The summed E-state index contributed by atoms with van der Waals surface area (Å²) in [6, 6.07) is 3.54. The molecule has 1 N–H and O–H groups in total.